The van der Waals surface area contributed by atoms with Gasteiger partial charge in [0.25, 0.3) is 0 Å². The van der Waals surface area contributed by atoms with Crippen molar-refractivity contribution in [2.75, 3.05) is 13.2 Å². The smallest absolute Gasteiger partial charge is 0.306 e. The lowest BCUT2D eigenvalue weighted by atomic mass is 10.0. The molecule has 6 heteroatoms. The second-order valence-electron chi connectivity index (χ2n) is 22.0. The van der Waals surface area contributed by atoms with Crippen LogP contribution in [-0.4, -0.2) is 37.2 Å². The van der Waals surface area contributed by atoms with E-state index in [1.165, 1.54) is 225 Å². The molecule has 0 rings (SSSR count). The van der Waals surface area contributed by atoms with Gasteiger partial charge in [-0.25, -0.2) is 0 Å². The SMILES string of the molecule is CCCCC/C=C\CCCCCCCC(=O)OCC(COC(=O)CCCCCCCCCCCCCCCCCCCCCCCCC)OC(=O)CCCCCCCC/C=C\C/C=C\C/C=C\CCCCCCC. The van der Waals surface area contributed by atoms with Crippen LogP contribution < -0.4 is 0 Å². The van der Waals surface area contributed by atoms with E-state index in [0.717, 1.165) is 83.5 Å². The molecule has 432 valence electrons. The zero-order chi connectivity index (χ0) is 53.6. The molecule has 0 saturated carbocycles. The maximum Gasteiger partial charge on any atom is 0.306 e. The number of rotatable bonds is 60. The zero-order valence-electron chi connectivity index (χ0n) is 49.6. The molecule has 0 spiro atoms. The first-order valence-corrected chi connectivity index (χ1v) is 32.6. The molecule has 0 aromatic heterocycles. The van der Waals surface area contributed by atoms with Crippen LogP contribution in [0, 0.1) is 0 Å². The van der Waals surface area contributed by atoms with Crippen LogP contribution in [0.2, 0.25) is 0 Å². The molecule has 0 aliphatic rings. The standard InChI is InChI=1S/C68H124O6/c1-4-7-10-13-16-19-22-25-27-29-31-33-34-36-37-39-41-43-46-49-52-55-58-61-67(70)73-64-65(63-72-66(69)60-57-54-51-48-45-24-21-18-15-12-9-6-3)74-68(71)62-59-56-53-50-47-44-42-40-38-35-32-30-28-26-23-20-17-14-11-8-5-2/h18,21,23,26,30,32,38,40,65H,4-17,19-20,22,24-25,27-29,31,33-37,39,41-64H2,1-3H3/b21-18-,26-23-,32-30-,40-38-. The average molecular weight is 1040 g/mol. The van der Waals surface area contributed by atoms with E-state index in [0.29, 0.717) is 19.3 Å². The molecule has 0 aromatic rings. The lowest BCUT2D eigenvalue weighted by molar-refractivity contribution is -0.167. The Morgan fingerprint density at radius 2 is 0.486 bits per heavy atom. The van der Waals surface area contributed by atoms with Crippen molar-refractivity contribution in [1.82, 2.24) is 0 Å². The van der Waals surface area contributed by atoms with Gasteiger partial charge in [-0.2, -0.15) is 0 Å². The third-order valence-electron chi connectivity index (χ3n) is 14.6. The summed E-state index contributed by atoms with van der Waals surface area (Å²) in [6.07, 6.45) is 78.4. The van der Waals surface area contributed by atoms with Gasteiger partial charge < -0.3 is 14.2 Å². The minimum Gasteiger partial charge on any atom is -0.462 e. The van der Waals surface area contributed by atoms with Gasteiger partial charge in [-0.15, -0.1) is 0 Å². The summed E-state index contributed by atoms with van der Waals surface area (Å²) in [5, 5.41) is 0. The van der Waals surface area contributed by atoms with Crippen LogP contribution in [0.25, 0.3) is 0 Å². The summed E-state index contributed by atoms with van der Waals surface area (Å²) in [6, 6.07) is 0. The summed E-state index contributed by atoms with van der Waals surface area (Å²) in [7, 11) is 0. The van der Waals surface area contributed by atoms with Crippen molar-refractivity contribution >= 4 is 17.9 Å². The molecule has 0 fully saturated rings. The molecular formula is C68H124O6. The van der Waals surface area contributed by atoms with Crippen molar-refractivity contribution in [2.24, 2.45) is 0 Å². The molecule has 0 saturated heterocycles. The number of ether oxygens (including phenoxy) is 3. The highest BCUT2D eigenvalue weighted by Gasteiger charge is 2.19. The van der Waals surface area contributed by atoms with E-state index in [-0.39, 0.29) is 31.1 Å². The van der Waals surface area contributed by atoms with Crippen LogP contribution in [0.1, 0.15) is 348 Å². The second-order valence-corrected chi connectivity index (χ2v) is 22.0. The van der Waals surface area contributed by atoms with Gasteiger partial charge in [0.05, 0.1) is 0 Å². The second kappa shape index (κ2) is 62.9. The third-order valence-corrected chi connectivity index (χ3v) is 14.6. The van der Waals surface area contributed by atoms with Crippen LogP contribution in [-0.2, 0) is 28.6 Å². The molecule has 0 heterocycles. The first-order valence-electron chi connectivity index (χ1n) is 32.6. The van der Waals surface area contributed by atoms with Crippen LogP contribution in [0.4, 0.5) is 0 Å². The third kappa shape index (κ3) is 60.2. The minimum atomic E-state index is -0.782. The Morgan fingerprint density at radius 3 is 0.797 bits per heavy atom. The van der Waals surface area contributed by atoms with Gasteiger partial charge in [0, 0.05) is 19.3 Å². The zero-order valence-corrected chi connectivity index (χ0v) is 49.6. The Balaban J connectivity index is 4.28. The highest BCUT2D eigenvalue weighted by molar-refractivity contribution is 5.71. The van der Waals surface area contributed by atoms with Crippen molar-refractivity contribution in [3.05, 3.63) is 48.6 Å². The monoisotopic (exact) mass is 1040 g/mol. The summed E-state index contributed by atoms with van der Waals surface area (Å²) < 4.78 is 16.9. The van der Waals surface area contributed by atoms with Gasteiger partial charge in [0.2, 0.25) is 0 Å². The molecule has 0 aromatic carbocycles. The maximum atomic E-state index is 12.9. The fraction of sp³-hybridized carbons (Fsp3) is 0.838. The quantitative estimate of drug-likeness (QED) is 0.0261. The number of allylic oxidation sites excluding steroid dienone is 8. The fourth-order valence-corrected chi connectivity index (χ4v) is 9.62. The van der Waals surface area contributed by atoms with Crippen molar-refractivity contribution < 1.29 is 28.6 Å². The lowest BCUT2D eigenvalue weighted by Gasteiger charge is -2.18. The van der Waals surface area contributed by atoms with Crippen molar-refractivity contribution in [1.29, 1.82) is 0 Å². The van der Waals surface area contributed by atoms with E-state index < -0.39 is 6.10 Å². The molecular weight excluding hydrogens is 913 g/mol. The Labute approximate surface area is 460 Å². The number of hydrogen-bond acceptors (Lipinski definition) is 6. The summed E-state index contributed by atoms with van der Waals surface area (Å²) in [4.78, 5) is 38.3. The van der Waals surface area contributed by atoms with Crippen molar-refractivity contribution in [3.8, 4) is 0 Å². The van der Waals surface area contributed by atoms with Gasteiger partial charge in [-0.3, -0.25) is 14.4 Å². The van der Waals surface area contributed by atoms with E-state index in [1.54, 1.807) is 0 Å². The van der Waals surface area contributed by atoms with E-state index in [2.05, 4.69) is 69.4 Å². The predicted molar refractivity (Wildman–Crippen MR) is 321 cm³/mol. The fourth-order valence-electron chi connectivity index (χ4n) is 9.62. The average Bonchev–Trinajstić information content (AvgIpc) is 3.40. The van der Waals surface area contributed by atoms with Gasteiger partial charge in [0.1, 0.15) is 13.2 Å². The molecule has 0 N–H and O–H groups in total. The minimum absolute atomic E-state index is 0.0777. The van der Waals surface area contributed by atoms with E-state index >= 15 is 0 Å². The normalized spacial score (nSPS) is 12.3. The molecule has 74 heavy (non-hydrogen) atoms. The summed E-state index contributed by atoms with van der Waals surface area (Å²) in [6.45, 7) is 6.64. The number of carbonyl (C=O) groups is 3. The topological polar surface area (TPSA) is 78.9 Å². The molecule has 0 amide bonds. The molecule has 1 atom stereocenters. The van der Waals surface area contributed by atoms with Gasteiger partial charge in [-0.1, -0.05) is 294 Å². The number of carbonyl (C=O) groups excluding carboxylic acids is 3. The maximum absolute atomic E-state index is 12.9. The van der Waals surface area contributed by atoms with Gasteiger partial charge in [0.15, 0.2) is 6.10 Å². The number of hydrogen-bond donors (Lipinski definition) is 0. The van der Waals surface area contributed by atoms with E-state index in [1.807, 2.05) is 0 Å². The Kier molecular flexibility index (Phi) is 60.7. The molecule has 0 aliphatic heterocycles. The molecule has 0 bridgehead atoms. The summed E-state index contributed by atoms with van der Waals surface area (Å²) in [5.74, 6) is -0.880. The Morgan fingerprint density at radius 1 is 0.270 bits per heavy atom. The van der Waals surface area contributed by atoms with Crippen LogP contribution in [0.15, 0.2) is 48.6 Å². The number of esters is 3. The first-order chi connectivity index (χ1) is 36.5. The van der Waals surface area contributed by atoms with Crippen LogP contribution in [0.3, 0.4) is 0 Å². The largest absolute Gasteiger partial charge is 0.462 e. The van der Waals surface area contributed by atoms with Crippen LogP contribution >= 0.6 is 0 Å². The molecule has 0 aliphatic carbocycles. The van der Waals surface area contributed by atoms with Crippen molar-refractivity contribution in [3.63, 3.8) is 0 Å². The number of unbranched alkanes of at least 4 members (excludes halogenated alkanes) is 41. The van der Waals surface area contributed by atoms with E-state index in [4.69, 9.17) is 14.2 Å². The molecule has 0 radical (unpaired) electrons. The molecule has 1 unspecified atom stereocenters. The van der Waals surface area contributed by atoms with Gasteiger partial charge >= 0.3 is 17.9 Å². The Bertz CT molecular complexity index is 1280. The predicted octanol–water partition coefficient (Wildman–Crippen LogP) is 22.2. The highest BCUT2D eigenvalue weighted by atomic mass is 16.6. The Hall–Kier alpha value is -2.63. The lowest BCUT2D eigenvalue weighted by Crippen LogP contribution is -2.30. The van der Waals surface area contributed by atoms with Gasteiger partial charge in [-0.05, 0) is 83.5 Å². The molecule has 6 nitrogen and oxygen atoms in total. The highest BCUT2D eigenvalue weighted by Crippen LogP contribution is 2.17. The first kappa shape index (κ1) is 71.4. The van der Waals surface area contributed by atoms with Crippen molar-refractivity contribution in [2.45, 2.75) is 354 Å². The van der Waals surface area contributed by atoms with Crippen LogP contribution in [0.5, 0.6) is 0 Å². The summed E-state index contributed by atoms with van der Waals surface area (Å²) >= 11 is 0. The summed E-state index contributed by atoms with van der Waals surface area (Å²) in [5.41, 5.74) is 0. The van der Waals surface area contributed by atoms with E-state index in [9.17, 15) is 14.4 Å².